The first-order valence-electron chi connectivity index (χ1n) is 6.55. The second kappa shape index (κ2) is 4.58. The van der Waals surface area contributed by atoms with Crippen molar-refractivity contribution in [2.45, 2.75) is 18.9 Å². The normalized spacial score (nSPS) is 22.8. The van der Waals surface area contributed by atoms with Crippen molar-refractivity contribution in [3.8, 4) is 0 Å². The lowest BCUT2D eigenvalue weighted by Gasteiger charge is -2.35. The number of nitrogens with zero attached hydrogens (tertiary/aromatic N) is 2. The Hall–Kier alpha value is -1.61. The first-order chi connectivity index (χ1) is 8.72. The molecule has 1 aliphatic carbocycles. The molecule has 3 heteroatoms. The Kier molecular flexibility index (Phi) is 2.92. The number of hydrogen-bond donors (Lipinski definition) is 1. The maximum absolute atomic E-state index is 5.82. The molecule has 0 atom stereocenters. The van der Waals surface area contributed by atoms with Crippen LogP contribution in [0.3, 0.4) is 0 Å². The minimum absolute atomic E-state index is 0.424. The number of para-hydroxylation sites is 1. The number of nitrogens with two attached hydrogens (primary N) is 1. The summed E-state index contributed by atoms with van der Waals surface area (Å²) >= 11 is 0. The third kappa shape index (κ3) is 2.18. The number of aromatic nitrogens is 1. The number of benzene rings is 1. The van der Waals surface area contributed by atoms with E-state index in [9.17, 15) is 0 Å². The lowest BCUT2D eigenvalue weighted by molar-refractivity contribution is 0.270. The van der Waals surface area contributed by atoms with Gasteiger partial charge in [-0.15, -0.1) is 0 Å². The van der Waals surface area contributed by atoms with Crippen LogP contribution in [0.15, 0.2) is 36.4 Å². The molecule has 3 nitrogen and oxygen atoms in total. The molecule has 2 N–H and O–H groups in total. The van der Waals surface area contributed by atoms with E-state index in [1.54, 1.807) is 0 Å². The molecule has 0 radical (unpaired) electrons. The molecule has 18 heavy (non-hydrogen) atoms. The molecule has 0 amide bonds. The Morgan fingerprint density at radius 2 is 2.00 bits per heavy atom. The zero-order valence-corrected chi connectivity index (χ0v) is 10.7. The summed E-state index contributed by atoms with van der Waals surface area (Å²) in [5, 5.41) is 1.19. The number of fused-ring (bicyclic) bond motifs is 1. The Bertz CT molecular complexity index is 546. The van der Waals surface area contributed by atoms with Crippen molar-refractivity contribution in [3.63, 3.8) is 0 Å². The highest BCUT2D eigenvalue weighted by molar-refractivity contribution is 5.80. The van der Waals surface area contributed by atoms with E-state index in [0.717, 1.165) is 36.6 Å². The van der Waals surface area contributed by atoms with Gasteiger partial charge in [0.2, 0.25) is 0 Å². The van der Waals surface area contributed by atoms with Crippen LogP contribution in [0.5, 0.6) is 0 Å². The summed E-state index contributed by atoms with van der Waals surface area (Å²) < 4.78 is 0. The van der Waals surface area contributed by atoms with Crippen molar-refractivity contribution in [2.24, 2.45) is 11.7 Å². The highest BCUT2D eigenvalue weighted by Gasteiger charge is 2.26. The van der Waals surface area contributed by atoms with Crippen molar-refractivity contribution in [3.05, 3.63) is 36.4 Å². The molecule has 1 saturated carbocycles. The molecule has 1 fully saturated rings. The highest BCUT2D eigenvalue weighted by atomic mass is 15.2. The molecular weight excluding hydrogens is 222 g/mol. The fourth-order valence-corrected chi connectivity index (χ4v) is 2.69. The van der Waals surface area contributed by atoms with E-state index in [2.05, 4.69) is 36.2 Å². The number of anilines is 1. The predicted molar refractivity (Wildman–Crippen MR) is 75.7 cm³/mol. The monoisotopic (exact) mass is 241 g/mol. The molecule has 1 heterocycles. The van der Waals surface area contributed by atoms with Crippen LogP contribution in [-0.2, 0) is 0 Å². The van der Waals surface area contributed by atoms with Crippen molar-refractivity contribution in [1.29, 1.82) is 0 Å². The van der Waals surface area contributed by atoms with Gasteiger partial charge in [0.1, 0.15) is 5.82 Å². The highest BCUT2D eigenvalue weighted by Crippen LogP contribution is 2.27. The number of rotatable bonds is 3. The molecule has 1 aromatic heterocycles. The van der Waals surface area contributed by atoms with E-state index >= 15 is 0 Å². The third-order valence-corrected chi connectivity index (χ3v) is 3.78. The maximum Gasteiger partial charge on any atom is 0.128 e. The van der Waals surface area contributed by atoms with Gasteiger partial charge in [-0.25, -0.2) is 4.98 Å². The van der Waals surface area contributed by atoms with Gasteiger partial charge in [-0.2, -0.15) is 0 Å². The third-order valence-electron chi connectivity index (χ3n) is 3.78. The first-order valence-corrected chi connectivity index (χ1v) is 6.55. The van der Waals surface area contributed by atoms with Crippen LogP contribution in [0, 0.1) is 5.92 Å². The van der Waals surface area contributed by atoms with Gasteiger partial charge in [0.05, 0.1) is 5.52 Å². The fourth-order valence-electron chi connectivity index (χ4n) is 2.69. The lowest BCUT2D eigenvalue weighted by Crippen LogP contribution is -2.42. The summed E-state index contributed by atoms with van der Waals surface area (Å²) in [6.45, 7) is 1.05. The largest absolute Gasteiger partial charge is 0.359 e. The van der Waals surface area contributed by atoms with Crippen LogP contribution >= 0.6 is 0 Å². The minimum atomic E-state index is 0.424. The van der Waals surface area contributed by atoms with Crippen molar-refractivity contribution in [1.82, 2.24) is 4.98 Å². The summed E-state index contributed by atoms with van der Waals surface area (Å²) in [6, 6.07) is 12.9. The average molecular weight is 241 g/mol. The molecule has 0 spiro atoms. The molecule has 3 rings (SSSR count). The van der Waals surface area contributed by atoms with E-state index < -0.39 is 0 Å². The predicted octanol–water partition coefficient (Wildman–Crippen LogP) is 2.41. The Morgan fingerprint density at radius 3 is 2.78 bits per heavy atom. The smallest absolute Gasteiger partial charge is 0.128 e. The van der Waals surface area contributed by atoms with Crippen LogP contribution in [-0.4, -0.2) is 24.6 Å². The van der Waals surface area contributed by atoms with Gasteiger partial charge < -0.3 is 10.6 Å². The van der Waals surface area contributed by atoms with E-state index in [1.165, 1.54) is 5.39 Å². The second-order valence-corrected chi connectivity index (χ2v) is 5.34. The SMILES string of the molecule is CN(CC1CC(N)C1)c1ccc2ccccc2n1. The van der Waals surface area contributed by atoms with E-state index in [0.29, 0.717) is 6.04 Å². The van der Waals surface area contributed by atoms with Crippen LogP contribution in [0.4, 0.5) is 5.82 Å². The molecule has 0 aliphatic heterocycles. The number of pyridine rings is 1. The zero-order valence-electron chi connectivity index (χ0n) is 10.7. The summed E-state index contributed by atoms with van der Waals surface area (Å²) in [6.07, 6.45) is 2.30. The minimum Gasteiger partial charge on any atom is -0.359 e. The Balaban J connectivity index is 1.76. The molecular formula is C15H19N3. The number of hydrogen-bond acceptors (Lipinski definition) is 3. The molecule has 0 bridgehead atoms. The Labute approximate surface area is 108 Å². The molecule has 2 aromatic rings. The van der Waals surface area contributed by atoms with E-state index in [-0.39, 0.29) is 0 Å². The maximum atomic E-state index is 5.82. The summed E-state index contributed by atoms with van der Waals surface area (Å²) in [5.41, 5.74) is 6.89. The second-order valence-electron chi connectivity index (χ2n) is 5.34. The van der Waals surface area contributed by atoms with Gasteiger partial charge in [-0.1, -0.05) is 18.2 Å². The lowest BCUT2D eigenvalue weighted by atomic mass is 9.80. The Morgan fingerprint density at radius 1 is 1.22 bits per heavy atom. The summed E-state index contributed by atoms with van der Waals surface area (Å²) in [4.78, 5) is 6.94. The standard InChI is InChI=1S/C15H19N3/c1-18(10-11-8-13(16)9-11)15-7-6-12-4-2-3-5-14(12)17-15/h2-7,11,13H,8-10,16H2,1H3. The summed E-state index contributed by atoms with van der Waals surface area (Å²) in [5.74, 6) is 1.78. The molecule has 1 aromatic carbocycles. The van der Waals surface area contributed by atoms with Crippen LogP contribution in [0.25, 0.3) is 10.9 Å². The quantitative estimate of drug-likeness (QED) is 0.897. The van der Waals surface area contributed by atoms with E-state index in [1.807, 2.05) is 12.1 Å². The van der Waals surface area contributed by atoms with E-state index in [4.69, 9.17) is 10.7 Å². The topological polar surface area (TPSA) is 42.1 Å². The average Bonchev–Trinajstić information content (AvgIpc) is 2.36. The molecule has 94 valence electrons. The summed E-state index contributed by atoms with van der Waals surface area (Å²) in [7, 11) is 2.11. The van der Waals surface area contributed by atoms with Crippen molar-refractivity contribution in [2.75, 3.05) is 18.5 Å². The van der Waals surface area contributed by atoms with Gasteiger partial charge in [-0.05, 0) is 37.0 Å². The fraction of sp³-hybridized carbons (Fsp3) is 0.400. The first kappa shape index (κ1) is 11.5. The molecule has 0 unspecified atom stereocenters. The van der Waals surface area contributed by atoms with Crippen LogP contribution < -0.4 is 10.6 Å². The van der Waals surface area contributed by atoms with Gasteiger partial charge in [0, 0.05) is 25.0 Å². The molecule has 1 aliphatic rings. The zero-order chi connectivity index (χ0) is 12.5. The molecule has 0 saturated heterocycles. The van der Waals surface area contributed by atoms with Gasteiger partial charge >= 0.3 is 0 Å². The van der Waals surface area contributed by atoms with Crippen LogP contribution in [0.2, 0.25) is 0 Å². The van der Waals surface area contributed by atoms with Gasteiger partial charge in [0.25, 0.3) is 0 Å². The van der Waals surface area contributed by atoms with Crippen molar-refractivity contribution >= 4 is 16.7 Å². The van der Waals surface area contributed by atoms with Gasteiger partial charge in [-0.3, -0.25) is 0 Å². The van der Waals surface area contributed by atoms with Crippen molar-refractivity contribution < 1.29 is 0 Å². The van der Waals surface area contributed by atoms with Gasteiger partial charge in [0.15, 0.2) is 0 Å². The van der Waals surface area contributed by atoms with Crippen LogP contribution in [0.1, 0.15) is 12.8 Å².